The van der Waals surface area contributed by atoms with Crippen LogP contribution in [0.1, 0.15) is 19.8 Å². The zero-order valence-corrected chi connectivity index (χ0v) is 8.66. The van der Waals surface area contributed by atoms with Gasteiger partial charge in [-0.25, -0.2) is 0 Å². The van der Waals surface area contributed by atoms with Crippen molar-refractivity contribution in [2.75, 3.05) is 26.2 Å². The van der Waals surface area contributed by atoms with Crippen LogP contribution in [0.2, 0.25) is 0 Å². The molecule has 4 nitrogen and oxygen atoms in total. The third kappa shape index (κ3) is 1.77. The van der Waals surface area contributed by atoms with Crippen molar-refractivity contribution in [1.29, 1.82) is 0 Å². The van der Waals surface area contributed by atoms with E-state index >= 15 is 0 Å². The highest BCUT2D eigenvalue weighted by Crippen LogP contribution is 2.17. The van der Waals surface area contributed by atoms with Gasteiger partial charge in [0.05, 0.1) is 6.04 Å². The Morgan fingerprint density at radius 1 is 1.57 bits per heavy atom. The zero-order valence-electron chi connectivity index (χ0n) is 8.66. The molecule has 2 rings (SSSR count). The fraction of sp³-hybridized carbons (Fsp3) is 0.900. The Kier molecular flexibility index (Phi) is 3.03. The van der Waals surface area contributed by atoms with Crippen molar-refractivity contribution in [3.05, 3.63) is 0 Å². The smallest absolute Gasteiger partial charge is 0.252 e. The third-order valence-corrected chi connectivity index (χ3v) is 3.03. The van der Waals surface area contributed by atoms with Gasteiger partial charge < -0.3 is 15.0 Å². The van der Waals surface area contributed by atoms with Gasteiger partial charge in [-0.1, -0.05) is 0 Å². The van der Waals surface area contributed by atoms with Crippen LogP contribution in [-0.2, 0) is 9.53 Å². The van der Waals surface area contributed by atoms with Gasteiger partial charge in [0.2, 0.25) is 0 Å². The molecule has 1 N–H and O–H groups in total. The summed E-state index contributed by atoms with van der Waals surface area (Å²) in [6, 6.07) is 0.400. The normalized spacial score (nSPS) is 27.4. The maximum Gasteiger partial charge on any atom is 0.252 e. The van der Waals surface area contributed by atoms with Crippen LogP contribution in [0.3, 0.4) is 0 Å². The first-order valence-electron chi connectivity index (χ1n) is 5.45. The highest BCUT2D eigenvalue weighted by atomic mass is 16.5. The summed E-state index contributed by atoms with van der Waals surface area (Å²) in [5, 5.41) is 3.19. The minimum absolute atomic E-state index is 0.157. The van der Waals surface area contributed by atoms with Gasteiger partial charge in [-0.05, 0) is 19.8 Å². The molecule has 2 fully saturated rings. The van der Waals surface area contributed by atoms with Gasteiger partial charge in [0, 0.05) is 26.2 Å². The molecule has 2 heterocycles. The molecule has 1 amide bonds. The number of ether oxygens (including phenoxy) is 1. The molecule has 4 heteroatoms. The number of carbonyl (C=O) groups excluding carboxylic acids is 1. The van der Waals surface area contributed by atoms with Gasteiger partial charge >= 0.3 is 0 Å². The summed E-state index contributed by atoms with van der Waals surface area (Å²) in [7, 11) is 0. The molecule has 0 bridgehead atoms. The summed E-state index contributed by atoms with van der Waals surface area (Å²) in [5.74, 6) is 0.191. The number of rotatable bonds is 3. The van der Waals surface area contributed by atoms with Gasteiger partial charge in [-0.2, -0.15) is 0 Å². The predicted molar refractivity (Wildman–Crippen MR) is 53.0 cm³/mol. The molecule has 14 heavy (non-hydrogen) atoms. The van der Waals surface area contributed by atoms with Gasteiger partial charge in [0.25, 0.3) is 5.91 Å². The Bertz CT molecular complexity index is 210. The van der Waals surface area contributed by atoms with Crippen molar-refractivity contribution in [2.24, 2.45) is 0 Å². The molecule has 1 atom stereocenters. The van der Waals surface area contributed by atoms with E-state index in [9.17, 15) is 4.79 Å². The molecule has 1 unspecified atom stereocenters. The third-order valence-electron chi connectivity index (χ3n) is 3.03. The molecule has 0 saturated carbocycles. The van der Waals surface area contributed by atoms with E-state index in [2.05, 4.69) is 5.32 Å². The van der Waals surface area contributed by atoms with Gasteiger partial charge in [0.1, 0.15) is 6.10 Å². The number of amides is 1. The molecular formula is C10H18N2O2. The molecule has 0 aliphatic carbocycles. The SMILES string of the molecule is CCN(C(=O)C1CCCO1)C1CNC1. The van der Waals surface area contributed by atoms with Gasteiger partial charge in [-0.3, -0.25) is 4.79 Å². The lowest BCUT2D eigenvalue weighted by molar-refractivity contribution is -0.144. The molecular weight excluding hydrogens is 180 g/mol. The molecule has 0 aromatic rings. The molecule has 80 valence electrons. The standard InChI is InChI=1S/C10H18N2O2/c1-2-12(8-6-11-7-8)10(13)9-4-3-5-14-9/h8-9,11H,2-7H2,1H3. The highest BCUT2D eigenvalue weighted by molar-refractivity contribution is 5.81. The first kappa shape index (κ1) is 9.93. The van der Waals surface area contributed by atoms with Crippen LogP contribution in [0.15, 0.2) is 0 Å². The molecule has 0 spiro atoms. The van der Waals surface area contributed by atoms with E-state index in [-0.39, 0.29) is 12.0 Å². The first-order chi connectivity index (χ1) is 6.83. The fourth-order valence-electron chi connectivity index (χ4n) is 2.05. The second-order valence-electron chi connectivity index (χ2n) is 3.94. The van der Waals surface area contributed by atoms with E-state index in [0.29, 0.717) is 6.04 Å². The quantitative estimate of drug-likeness (QED) is 0.693. The number of likely N-dealkylation sites (N-methyl/N-ethyl adjacent to an activating group) is 1. The van der Waals surface area contributed by atoms with Gasteiger partial charge in [-0.15, -0.1) is 0 Å². The Balaban J connectivity index is 1.92. The summed E-state index contributed by atoms with van der Waals surface area (Å²) >= 11 is 0. The summed E-state index contributed by atoms with van der Waals surface area (Å²) in [6.07, 6.45) is 1.77. The Morgan fingerprint density at radius 2 is 2.36 bits per heavy atom. The van der Waals surface area contributed by atoms with Crippen molar-refractivity contribution >= 4 is 5.91 Å². The summed E-state index contributed by atoms with van der Waals surface area (Å²) in [6.45, 7) is 5.45. The van der Waals surface area contributed by atoms with Crippen LogP contribution in [-0.4, -0.2) is 49.2 Å². The van der Waals surface area contributed by atoms with E-state index in [1.165, 1.54) is 0 Å². The molecule has 2 aliphatic heterocycles. The van der Waals surface area contributed by atoms with Crippen molar-refractivity contribution in [2.45, 2.75) is 31.9 Å². The van der Waals surface area contributed by atoms with Crippen molar-refractivity contribution in [1.82, 2.24) is 10.2 Å². The Morgan fingerprint density at radius 3 is 2.79 bits per heavy atom. The monoisotopic (exact) mass is 198 g/mol. The molecule has 0 radical (unpaired) electrons. The number of carbonyl (C=O) groups is 1. The van der Waals surface area contributed by atoms with Crippen molar-refractivity contribution in [3.63, 3.8) is 0 Å². The van der Waals surface area contributed by atoms with Crippen LogP contribution in [0.4, 0.5) is 0 Å². The lowest BCUT2D eigenvalue weighted by atomic mass is 10.1. The van der Waals surface area contributed by atoms with E-state index < -0.39 is 0 Å². The lowest BCUT2D eigenvalue weighted by Crippen LogP contribution is -2.60. The average Bonchev–Trinajstić information content (AvgIpc) is 2.62. The second kappa shape index (κ2) is 4.28. The molecule has 0 aromatic carbocycles. The molecule has 2 saturated heterocycles. The number of nitrogens with one attached hydrogen (secondary N) is 1. The van der Waals surface area contributed by atoms with Gasteiger partial charge in [0.15, 0.2) is 0 Å². The highest BCUT2D eigenvalue weighted by Gasteiger charge is 2.33. The maximum absolute atomic E-state index is 12.0. The predicted octanol–water partition coefficient (Wildman–Crippen LogP) is -0.0143. The van der Waals surface area contributed by atoms with Crippen molar-refractivity contribution in [3.8, 4) is 0 Å². The van der Waals surface area contributed by atoms with Crippen LogP contribution in [0, 0.1) is 0 Å². The summed E-state index contributed by atoms with van der Waals surface area (Å²) in [4.78, 5) is 13.9. The molecule has 2 aliphatic rings. The van der Waals surface area contributed by atoms with Crippen LogP contribution in [0.25, 0.3) is 0 Å². The van der Waals surface area contributed by atoms with Crippen LogP contribution >= 0.6 is 0 Å². The summed E-state index contributed by atoms with van der Waals surface area (Å²) < 4.78 is 5.40. The lowest BCUT2D eigenvalue weighted by Gasteiger charge is -2.38. The molecule has 0 aromatic heterocycles. The minimum atomic E-state index is -0.157. The van der Waals surface area contributed by atoms with E-state index in [0.717, 1.165) is 39.1 Å². The average molecular weight is 198 g/mol. The summed E-state index contributed by atoms with van der Waals surface area (Å²) in [5.41, 5.74) is 0. The number of hydrogen-bond donors (Lipinski definition) is 1. The first-order valence-corrected chi connectivity index (χ1v) is 5.45. The minimum Gasteiger partial charge on any atom is -0.368 e. The Hall–Kier alpha value is -0.610. The topological polar surface area (TPSA) is 41.6 Å². The maximum atomic E-state index is 12.0. The number of hydrogen-bond acceptors (Lipinski definition) is 3. The van der Waals surface area contributed by atoms with Crippen LogP contribution in [0.5, 0.6) is 0 Å². The van der Waals surface area contributed by atoms with Crippen molar-refractivity contribution < 1.29 is 9.53 Å². The fourth-order valence-corrected chi connectivity index (χ4v) is 2.05. The zero-order chi connectivity index (χ0) is 9.97. The largest absolute Gasteiger partial charge is 0.368 e. The number of nitrogens with zero attached hydrogens (tertiary/aromatic N) is 1. The Labute approximate surface area is 84.6 Å². The van der Waals surface area contributed by atoms with E-state index in [1.807, 2.05) is 11.8 Å². The van der Waals surface area contributed by atoms with E-state index in [4.69, 9.17) is 4.74 Å². The van der Waals surface area contributed by atoms with Crippen LogP contribution < -0.4 is 5.32 Å². The van der Waals surface area contributed by atoms with E-state index in [1.54, 1.807) is 0 Å². The second-order valence-corrected chi connectivity index (χ2v) is 3.94.